The molecule has 0 bridgehead atoms. The molecule has 1 unspecified atom stereocenters. The molecule has 2 aliphatic rings. The molecule has 6 rings (SSSR count). The van der Waals surface area contributed by atoms with E-state index in [0.717, 1.165) is 53.4 Å². The van der Waals surface area contributed by atoms with Gasteiger partial charge in [0.25, 0.3) is 11.2 Å². The molecule has 1 atom stereocenters. The lowest BCUT2D eigenvalue weighted by Crippen LogP contribution is -2.49. The van der Waals surface area contributed by atoms with E-state index < -0.39 is 6.04 Å². The molecule has 1 aliphatic carbocycles. The highest BCUT2D eigenvalue weighted by Crippen LogP contribution is 2.35. The monoisotopic (exact) mass is 528 g/mol. The van der Waals surface area contributed by atoms with E-state index in [9.17, 15) is 14.9 Å². The molecule has 1 aliphatic heterocycles. The van der Waals surface area contributed by atoms with E-state index in [4.69, 9.17) is 0 Å². The van der Waals surface area contributed by atoms with Crippen molar-refractivity contribution in [2.45, 2.75) is 51.6 Å². The van der Waals surface area contributed by atoms with Gasteiger partial charge in [0.1, 0.15) is 6.04 Å². The molecule has 1 saturated carbocycles. The Morgan fingerprint density at radius 3 is 2.44 bits per heavy atom. The number of rotatable bonds is 6. The van der Waals surface area contributed by atoms with Crippen molar-refractivity contribution in [1.82, 2.24) is 30.1 Å². The second kappa shape index (κ2) is 10.2. The maximum absolute atomic E-state index is 13.7. The summed E-state index contributed by atoms with van der Waals surface area (Å²) in [5.74, 6) is 0.708. The number of benzene rings is 2. The van der Waals surface area contributed by atoms with Crippen LogP contribution in [0.25, 0.3) is 10.9 Å². The predicted molar refractivity (Wildman–Crippen MR) is 148 cm³/mol. The van der Waals surface area contributed by atoms with Crippen molar-refractivity contribution >= 4 is 22.3 Å². The maximum atomic E-state index is 13.7. The van der Waals surface area contributed by atoms with E-state index in [0.29, 0.717) is 37.6 Å². The van der Waals surface area contributed by atoms with Gasteiger partial charge in [-0.15, -0.1) is 5.10 Å². The second-order valence-electron chi connectivity index (χ2n) is 10.6. The van der Waals surface area contributed by atoms with Gasteiger partial charge in [0, 0.05) is 49.6 Å². The number of aromatic amines is 1. The minimum atomic E-state index is -0.394. The second-order valence-corrected chi connectivity index (χ2v) is 10.6. The van der Waals surface area contributed by atoms with Gasteiger partial charge in [-0.3, -0.25) is 19.8 Å². The number of aromatic nitrogens is 5. The highest BCUT2D eigenvalue weighted by molar-refractivity contribution is 5.83. The highest BCUT2D eigenvalue weighted by atomic mass is 16.6. The van der Waals surface area contributed by atoms with E-state index in [1.807, 2.05) is 24.6 Å². The Hall–Kier alpha value is -4.12. The van der Waals surface area contributed by atoms with Crippen molar-refractivity contribution in [3.8, 4) is 0 Å². The number of hydrogen-bond donors (Lipinski definition) is 1. The smallest absolute Gasteiger partial charge is 0.269 e. The largest absolute Gasteiger partial charge is 0.369 e. The van der Waals surface area contributed by atoms with Gasteiger partial charge in [0.2, 0.25) is 0 Å². The Morgan fingerprint density at radius 1 is 1.03 bits per heavy atom. The lowest BCUT2D eigenvalue weighted by molar-refractivity contribution is -0.384. The number of tetrazole rings is 1. The first-order valence-electron chi connectivity index (χ1n) is 13.5. The number of nitrogens with zero attached hydrogens (tertiary/aromatic N) is 7. The summed E-state index contributed by atoms with van der Waals surface area (Å²) in [6, 6.07) is 12.7. The number of aryl methyl sites for hydroxylation is 2. The SMILES string of the molecule is Cc1ccc2cc(C(c3nnnn3C3CCCC3)N3CCN(c4ccc([N+](=O)[O-])cc4)CC3)c(=O)[nH]c2c1C. The van der Waals surface area contributed by atoms with Crippen LogP contribution < -0.4 is 10.5 Å². The average Bonchev–Trinajstić information content (AvgIpc) is 3.65. The molecule has 11 nitrogen and oxygen atoms in total. The fraction of sp³-hybridized carbons (Fsp3) is 0.429. The van der Waals surface area contributed by atoms with Crippen molar-refractivity contribution in [2.24, 2.45) is 0 Å². The van der Waals surface area contributed by atoms with Crippen molar-refractivity contribution < 1.29 is 4.92 Å². The minimum Gasteiger partial charge on any atom is -0.369 e. The van der Waals surface area contributed by atoms with Crippen molar-refractivity contribution in [3.05, 3.63) is 85.4 Å². The van der Waals surface area contributed by atoms with Gasteiger partial charge < -0.3 is 9.88 Å². The summed E-state index contributed by atoms with van der Waals surface area (Å²) in [6.07, 6.45) is 4.37. The number of pyridine rings is 1. The number of H-pyrrole nitrogens is 1. The Morgan fingerprint density at radius 2 is 1.74 bits per heavy atom. The summed E-state index contributed by atoms with van der Waals surface area (Å²) in [4.78, 5) is 32.0. The Bertz CT molecular complexity index is 1560. The summed E-state index contributed by atoms with van der Waals surface area (Å²) in [5, 5.41) is 25.0. The van der Waals surface area contributed by atoms with Crippen molar-refractivity contribution in [1.29, 1.82) is 0 Å². The summed E-state index contributed by atoms with van der Waals surface area (Å²) >= 11 is 0. The molecule has 202 valence electrons. The zero-order chi connectivity index (χ0) is 27.1. The first-order valence-corrected chi connectivity index (χ1v) is 13.5. The van der Waals surface area contributed by atoms with E-state index in [1.165, 1.54) is 0 Å². The fourth-order valence-electron chi connectivity index (χ4n) is 6.06. The molecule has 4 aromatic rings. The minimum absolute atomic E-state index is 0.0807. The van der Waals surface area contributed by atoms with Crippen LogP contribution in [0.1, 0.15) is 60.3 Å². The zero-order valence-electron chi connectivity index (χ0n) is 22.2. The Balaban J connectivity index is 1.36. The lowest BCUT2D eigenvalue weighted by atomic mass is 9.99. The molecular formula is C28H32N8O3. The molecule has 0 spiro atoms. The van der Waals surface area contributed by atoms with Crippen LogP contribution in [0.15, 0.2) is 47.3 Å². The topological polar surface area (TPSA) is 126 Å². The molecule has 0 amide bonds. The van der Waals surface area contributed by atoms with Gasteiger partial charge in [-0.2, -0.15) is 0 Å². The summed E-state index contributed by atoms with van der Waals surface area (Å²) < 4.78 is 1.95. The van der Waals surface area contributed by atoms with Gasteiger partial charge in [-0.1, -0.05) is 25.0 Å². The zero-order valence-corrected chi connectivity index (χ0v) is 22.2. The third-order valence-electron chi connectivity index (χ3n) is 8.41. The predicted octanol–water partition coefficient (Wildman–Crippen LogP) is 4.07. The normalized spacial score (nSPS) is 17.6. The van der Waals surface area contributed by atoms with Gasteiger partial charge in [-0.05, 0) is 71.8 Å². The molecule has 0 radical (unpaired) electrons. The number of nitrogens with one attached hydrogen (secondary N) is 1. The van der Waals surface area contributed by atoms with Crippen molar-refractivity contribution in [2.75, 3.05) is 31.1 Å². The van der Waals surface area contributed by atoms with E-state index >= 15 is 0 Å². The standard InChI is InChI=1S/C28H32N8O3/c1-18-7-8-20-17-24(28(37)29-25(20)19(18)2)26(27-30-31-32-35(27)22-5-3-4-6-22)34-15-13-33(14-16-34)21-9-11-23(12-10-21)36(38)39/h7-12,17,22,26H,3-6,13-16H2,1-2H3,(H,29,37). The summed E-state index contributed by atoms with van der Waals surface area (Å²) in [5.41, 5.74) is 4.61. The van der Waals surface area contributed by atoms with Crippen LogP contribution in [0.4, 0.5) is 11.4 Å². The van der Waals surface area contributed by atoms with Gasteiger partial charge >= 0.3 is 0 Å². The van der Waals surface area contributed by atoms with Crippen LogP contribution in [0, 0.1) is 24.0 Å². The third-order valence-corrected chi connectivity index (χ3v) is 8.41. The Labute approximate surface area is 225 Å². The summed E-state index contributed by atoms with van der Waals surface area (Å²) in [7, 11) is 0. The highest BCUT2D eigenvalue weighted by Gasteiger charge is 2.35. The molecule has 2 fully saturated rings. The Kier molecular flexibility index (Phi) is 6.59. The molecule has 1 N–H and O–H groups in total. The van der Waals surface area contributed by atoms with Crippen LogP contribution in [-0.4, -0.2) is 61.2 Å². The molecule has 3 heterocycles. The molecule has 2 aromatic carbocycles. The lowest BCUT2D eigenvalue weighted by Gasteiger charge is -2.39. The number of anilines is 1. The van der Waals surface area contributed by atoms with Gasteiger partial charge in [0.15, 0.2) is 5.82 Å². The van der Waals surface area contributed by atoms with E-state index in [-0.39, 0.29) is 22.2 Å². The third kappa shape index (κ3) is 4.67. The van der Waals surface area contributed by atoms with Crippen LogP contribution in [0.2, 0.25) is 0 Å². The number of hydrogen-bond acceptors (Lipinski definition) is 8. The number of fused-ring (bicyclic) bond motifs is 1. The van der Waals surface area contributed by atoms with Crippen LogP contribution in [-0.2, 0) is 0 Å². The average molecular weight is 529 g/mol. The molecular weight excluding hydrogens is 496 g/mol. The maximum Gasteiger partial charge on any atom is 0.269 e. The number of non-ortho nitro benzene ring substituents is 1. The fourth-order valence-corrected chi connectivity index (χ4v) is 6.06. The summed E-state index contributed by atoms with van der Waals surface area (Å²) in [6.45, 7) is 6.87. The number of piperazine rings is 1. The van der Waals surface area contributed by atoms with E-state index in [1.54, 1.807) is 24.3 Å². The van der Waals surface area contributed by atoms with Gasteiger partial charge in [0.05, 0.1) is 16.5 Å². The number of nitro benzene ring substituents is 1. The first kappa shape index (κ1) is 25.2. The van der Waals surface area contributed by atoms with E-state index in [2.05, 4.69) is 42.4 Å². The molecule has 11 heteroatoms. The van der Waals surface area contributed by atoms with Crippen LogP contribution in [0.3, 0.4) is 0 Å². The van der Waals surface area contributed by atoms with Crippen LogP contribution in [0.5, 0.6) is 0 Å². The van der Waals surface area contributed by atoms with Gasteiger partial charge in [-0.25, -0.2) is 4.68 Å². The molecule has 39 heavy (non-hydrogen) atoms. The molecule has 2 aromatic heterocycles. The molecule has 1 saturated heterocycles. The van der Waals surface area contributed by atoms with Crippen LogP contribution >= 0.6 is 0 Å². The quantitative estimate of drug-likeness (QED) is 0.293. The van der Waals surface area contributed by atoms with Crippen molar-refractivity contribution in [3.63, 3.8) is 0 Å². The first-order chi connectivity index (χ1) is 18.9. The number of nitro groups is 1.